The Kier molecular flexibility index (Phi) is 3.97. The minimum atomic E-state index is -0.974. The lowest BCUT2D eigenvalue weighted by molar-refractivity contribution is 0.0697. The van der Waals surface area contributed by atoms with Gasteiger partial charge < -0.3 is 5.11 Å². The summed E-state index contributed by atoms with van der Waals surface area (Å²) in [6.45, 7) is 1.99. The molecule has 0 aliphatic heterocycles. The van der Waals surface area contributed by atoms with E-state index in [2.05, 4.69) is 6.07 Å². The van der Waals surface area contributed by atoms with Crippen molar-refractivity contribution in [3.63, 3.8) is 0 Å². The van der Waals surface area contributed by atoms with Crippen LogP contribution in [-0.4, -0.2) is 11.1 Å². The zero-order chi connectivity index (χ0) is 14.5. The lowest BCUT2D eigenvalue weighted by Crippen LogP contribution is -1.95. The van der Waals surface area contributed by atoms with E-state index in [1.165, 1.54) is 12.1 Å². The number of aryl methyl sites for hydroxylation is 1. The van der Waals surface area contributed by atoms with Crippen molar-refractivity contribution in [1.82, 2.24) is 0 Å². The van der Waals surface area contributed by atoms with Crippen molar-refractivity contribution in [3.8, 4) is 6.07 Å². The van der Waals surface area contributed by atoms with Gasteiger partial charge in [0.2, 0.25) is 0 Å². The third kappa shape index (κ3) is 3.12. The Bertz CT molecular complexity index is 707. The molecule has 0 fully saturated rings. The number of carbonyl (C=O) groups is 1. The van der Waals surface area contributed by atoms with E-state index in [1.54, 1.807) is 18.2 Å². The Morgan fingerprint density at radius 1 is 1.15 bits per heavy atom. The van der Waals surface area contributed by atoms with Crippen molar-refractivity contribution >= 4 is 17.6 Å². The molecule has 0 atom stereocenters. The number of aromatic carboxylic acids is 1. The number of carboxylic acid groups (broad SMARTS) is 1. The fraction of sp³-hybridized carbons (Fsp3) is 0.0588. The molecule has 0 aliphatic carbocycles. The van der Waals surface area contributed by atoms with Crippen LogP contribution in [0, 0.1) is 18.3 Å². The predicted molar refractivity (Wildman–Crippen MR) is 78.1 cm³/mol. The lowest BCUT2D eigenvalue weighted by atomic mass is 10.0. The van der Waals surface area contributed by atoms with E-state index < -0.39 is 5.97 Å². The third-order valence-corrected chi connectivity index (χ3v) is 2.92. The maximum absolute atomic E-state index is 10.8. The maximum Gasteiger partial charge on any atom is 0.335 e. The minimum absolute atomic E-state index is 0.210. The van der Waals surface area contributed by atoms with Gasteiger partial charge in [-0.05, 0) is 36.3 Å². The van der Waals surface area contributed by atoms with Crippen LogP contribution < -0.4 is 0 Å². The van der Waals surface area contributed by atoms with Crippen molar-refractivity contribution in [3.05, 3.63) is 70.8 Å². The molecule has 0 saturated heterocycles. The van der Waals surface area contributed by atoms with Crippen LogP contribution in [0.15, 0.2) is 48.5 Å². The molecule has 0 unspecified atom stereocenters. The summed E-state index contributed by atoms with van der Waals surface area (Å²) in [5.41, 5.74) is 3.49. The molecule has 3 heteroatoms. The Morgan fingerprint density at radius 3 is 2.35 bits per heavy atom. The molecular formula is C17H13NO2. The van der Waals surface area contributed by atoms with Crippen molar-refractivity contribution < 1.29 is 9.90 Å². The Balaban J connectivity index is 2.37. The highest BCUT2D eigenvalue weighted by atomic mass is 16.4. The molecular weight excluding hydrogens is 250 g/mol. The molecule has 0 aliphatic rings. The Hall–Kier alpha value is -2.86. The number of nitriles is 1. The van der Waals surface area contributed by atoms with Crippen molar-refractivity contribution in [1.29, 1.82) is 5.26 Å². The summed E-state index contributed by atoms with van der Waals surface area (Å²) < 4.78 is 0. The van der Waals surface area contributed by atoms with Gasteiger partial charge in [-0.2, -0.15) is 5.26 Å². The summed E-state index contributed by atoms with van der Waals surface area (Å²) in [6.07, 6.45) is 1.79. The van der Waals surface area contributed by atoms with Gasteiger partial charge in [0.05, 0.1) is 17.2 Å². The molecule has 0 spiro atoms. The molecule has 1 N–H and O–H groups in total. The van der Waals surface area contributed by atoms with E-state index in [0.717, 1.165) is 11.1 Å². The van der Waals surface area contributed by atoms with E-state index in [9.17, 15) is 10.1 Å². The second-order valence-electron chi connectivity index (χ2n) is 4.47. The molecule has 2 aromatic carbocycles. The van der Waals surface area contributed by atoms with Gasteiger partial charge in [-0.3, -0.25) is 0 Å². The second-order valence-corrected chi connectivity index (χ2v) is 4.47. The number of hydrogen-bond donors (Lipinski definition) is 1. The summed E-state index contributed by atoms with van der Waals surface area (Å²) in [6, 6.07) is 16.3. The molecule has 2 rings (SSSR count). The smallest absolute Gasteiger partial charge is 0.335 e. The number of hydrogen-bond acceptors (Lipinski definition) is 2. The van der Waals surface area contributed by atoms with Gasteiger partial charge in [0.15, 0.2) is 0 Å². The van der Waals surface area contributed by atoms with Crippen LogP contribution in [-0.2, 0) is 0 Å². The van der Waals surface area contributed by atoms with Crippen molar-refractivity contribution in [2.75, 3.05) is 0 Å². The van der Waals surface area contributed by atoms with E-state index in [0.29, 0.717) is 11.1 Å². The van der Waals surface area contributed by atoms with Gasteiger partial charge in [0.1, 0.15) is 0 Å². The highest BCUT2D eigenvalue weighted by Gasteiger charge is 2.05. The lowest BCUT2D eigenvalue weighted by Gasteiger charge is -2.01. The van der Waals surface area contributed by atoms with Crippen LogP contribution in [0.25, 0.3) is 11.6 Å². The number of carboxylic acids is 1. The fourth-order valence-electron chi connectivity index (χ4n) is 1.90. The van der Waals surface area contributed by atoms with Crippen molar-refractivity contribution in [2.24, 2.45) is 0 Å². The van der Waals surface area contributed by atoms with Crippen LogP contribution in [0.2, 0.25) is 0 Å². The van der Waals surface area contributed by atoms with E-state index >= 15 is 0 Å². The molecule has 20 heavy (non-hydrogen) atoms. The normalized spacial score (nSPS) is 10.9. The summed E-state index contributed by atoms with van der Waals surface area (Å²) in [4.78, 5) is 10.8. The van der Waals surface area contributed by atoms with Gasteiger partial charge in [-0.15, -0.1) is 0 Å². The highest BCUT2D eigenvalue weighted by Crippen LogP contribution is 2.19. The Morgan fingerprint density at radius 2 is 1.80 bits per heavy atom. The first-order chi connectivity index (χ1) is 9.60. The topological polar surface area (TPSA) is 61.1 Å². The van der Waals surface area contributed by atoms with Crippen LogP contribution in [0.5, 0.6) is 0 Å². The molecule has 0 saturated carbocycles. The number of allylic oxidation sites excluding steroid dienone is 1. The first-order valence-electron chi connectivity index (χ1n) is 6.12. The van der Waals surface area contributed by atoms with Crippen LogP contribution in [0.1, 0.15) is 27.0 Å². The fourth-order valence-corrected chi connectivity index (χ4v) is 1.90. The number of nitrogens with zero attached hydrogens (tertiary/aromatic N) is 1. The first kappa shape index (κ1) is 13.6. The van der Waals surface area contributed by atoms with E-state index in [4.69, 9.17) is 5.11 Å². The summed E-state index contributed by atoms with van der Waals surface area (Å²) in [7, 11) is 0. The quantitative estimate of drug-likeness (QED) is 0.677. The van der Waals surface area contributed by atoms with Crippen molar-refractivity contribution in [2.45, 2.75) is 6.92 Å². The van der Waals surface area contributed by atoms with Gasteiger partial charge in [0, 0.05) is 0 Å². The standard InChI is InChI=1S/C17H13NO2/c1-12-3-2-4-13(9-12)10-16(11-18)14-5-7-15(8-6-14)17(19)20/h2-10H,1H3,(H,19,20). The zero-order valence-electron chi connectivity index (χ0n) is 11.0. The van der Waals surface area contributed by atoms with Gasteiger partial charge in [-0.25, -0.2) is 4.79 Å². The van der Waals surface area contributed by atoms with Gasteiger partial charge in [-0.1, -0.05) is 42.0 Å². The molecule has 0 bridgehead atoms. The largest absolute Gasteiger partial charge is 0.478 e. The molecule has 3 nitrogen and oxygen atoms in total. The molecule has 98 valence electrons. The molecule has 0 radical (unpaired) electrons. The third-order valence-electron chi connectivity index (χ3n) is 2.92. The van der Waals surface area contributed by atoms with E-state index in [-0.39, 0.29) is 5.56 Å². The van der Waals surface area contributed by atoms with Crippen LogP contribution in [0.3, 0.4) is 0 Å². The molecule has 2 aromatic rings. The van der Waals surface area contributed by atoms with E-state index in [1.807, 2.05) is 31.2 Å². The summed E-state index contributed by atoms with van der Waals surface area (Å²) in [5, 5.41) is 18.1. The second kappa shape index (κ2) is 5.85. The molecule has 0 amide bonds. The average molecular weight is 263 g/mol. The predicted octanol–water partition coefficient (Wildman–Crippen LogP) is 3.76. The average Bonchev–Trinajstić information content (AvgIpc) is 2.45. The monoisotopic (exact) mass is 263 g/mol. The SMILES string of the molecule is Cc1cccc(C=C(C#N)c2ccc(C(=O)O)cc2)c1. The Labute approximate surface area is 117 Å². The number of rotatable bonds is 3. The van der Waals surface area contributed by atoms with Crippen LogP contribution >= 0.6 is 0 Å². The summed E-state index contributed by atoms with van der Waals surface area (Å²) in [5.74, 6) is -0.974. The zero-order valence-corrected chi connectivity index (χ0v) is 11.0. The van der Waals surface area contributed by atoms with Gasteiger partial charge in [0.25, 0.3) is 0 Å². The number of benzene rings is 2. The first-order valence-corrected chi connectivity index (χ1v) is 6.12. The minimum Gasteiger partial charge on any atom is -0.478 e. The van der Waals surface area contributed by atoms with Gasteiger partial charge >= 0.3 is 5.97 Å². The summed E-state index contributed by atoms with van der Waals surface area (Å²) >= 11 is 0. The maximum atomic E-state index is 10.8. The molecule has 0 heterocycles. The van der Waals surface area contributed by atoms with Crippen LogP contribution in [0.4, 0.5) is 0 Å². The highest BCUT2D eigenvalue weighted by molar-refractivity contribution is 5.92. The molecule has 0 aromatic heterocycles.